The summed E-state index contributed by atoms with van der Waals surface area (Å²) in [4.78, 5) is 17.4. The molecule has 9 heteroatoms. The van der Waals surface area contributed by atoms with Crippen molar-refractivity contribution in [1.82, 2.24) is 15.4 Å². The molecule has 1 amide bonds. The summed E-state index contributed by atoms with van der Waals surface area (Å²) < 4.78 is 30.0. The quantitative estimate of drug-likeness (QED) is 0.435. The second-order valence-electron chi connectivity index (χ2n) is 6.09. The normalized spacial score (nSPS) is 12.2. The Labute approximate surface area is 168 Å². The van der Waals surface area contributed by atoms with E-state index in [0.717, 1.165) is 5.56 Å². The molecular formula is C20H26F2N4O3. The van der Waals surface area contributed by atoms with Gasteiger partial charge in [0.25, 0.3) is 5.91 Å². The SMILES string of the molecule is CC.Cc1ccc(Nc2c3c(n(C)c2C(=O)NOCCO)C(F)=CNC3)c(F)c1. The molecule has 0 radical (unpaired) electrons. The fourth-order valence-electron chi connectivity index (χ4n) is 3.00. The Balaban J connectivity index is 0.00000145. The Morgan fingerprint density at radius 1 is 1.34 bits per heavy atom. The molecule has 2 heterocycles. The number of aromatic nitrogens is 1. The fourth-order valence-corrected chi connectivity index (χ4v) is 3.00. The monoisotopic (exact) mass is 408 g/mol. The van der Waals surface area contributed by atoms with Gasteiger partial charge in [-0.1, -0.05) is 19.9 Å². The number of nitrogens with one attached hydrogen (secondary N) is 3. The summed E-state index contributed by atoms with van der Waals surface area (Å²) in [6, 6.07) is 4.64. The molecule has 0 atom stereocenters. The number of aliphatic hydroxyl groups is 1. The van der Waals surface area contributed by atoms with E-state index in [1.165, 1.54) is 23.9 Å². The van der Waals surface area contributed by atoms with Gasteiger partial charge in [-0.15, -0.1) is 0 Å². The van der Waals surface area contributed by atoms with Crippen LogP contribution in [0.1, 0.15) is 41.2 Å². The third-order valence-electron chi connectivity index (χ3n) is 4.19. The van der Waals surface area contributed by atoms with Gasteiger partial charge < -0.3 is 20.3 Å². The van der Waals surface area contributed by atoms with Gasteiger partial charge in [0.05, 0.1) is 30.3 Å². The van der Waals surface area contributed by atoms with E-state index in [1.54, 1.807) is 19.1 Å². The molecule has 1 aliphatic heterocycles. The summed E-state index contributed by atoms with van der Waals surface area (Å²) in [6.07, 6.45) is 1.21. The molecule has 1 aliphatic rings. The van der Waals surface area contributed by atoms with Crippen molar-refractivity contribution in [2.45, 2.75) is 27.3 Å². The molecule has 158 valence electrons. The van der Waals surface area contributed by atoms with E-state index in [2.05, 4.69) is 16.1 Å². The lowest BCUT2D eigenvalue weighted by Crippen LogP contribution is -2.27. The van der Waals surface area contributed by atoms with Crippen LogP contribution >= 0.6 is 0 Å². The average molecular weight is 408 g/mol. The van der Waals surface area contributed by atoms with Crippen molar-refractivity contribution in [2.75, 3.05) is 18.5 Å². The number of carbonyl (C=O) groups is 1. The lowest BCUT2D eigenvalue weighted by atomic mass is 10.1. The van der Waals surface area contributed by atoms with Crippen molar-refractivity contribution in [3.8, 4) is 0 Å². The molecule has 4 N–H and O–H groups in total. The number of halogens is 2. The zero-order valence-corrected chi connectivity index (χ0v) is 16.9. The van der Waals surface area contributed by atoms with Crippen LogP contribution in [0.5, 0.6) is 0 Å². The number of hydrogen-bond donors (Lipinski definition) is 4. The van der Waals surface area contributed by atoms with Crippen LogP contribution in [-0.4, -0.2) is 28.8 Å². The highest BCUT2D eigenvalue weighted by atomic mass is 19.1. The second-order valence-corrected chi connectivity index (χ2v) is 6.09. The van der Waals surface area contributed by atoms with Gasteiger partial charge in [-0.25, -0.2) is 14.3 Å². The summed E-state index contributed by atoms with van der Waals surface area (Å²) in [5, 5.41) is 14.5. The molecule has 0 saturated heterocycles. The Bertz CT molecular complexity index is 910. The Hall–Kier alpha value is -2.91. The number of fused-ring (bicyclic) bond motifs is 1. The van der Waals surface area contributed by atoms with E-state index in [9.17, 15) is 13.6 Å². The summed E-state index contributed by atoms with van der Waals surface area (Å²) in [5.74, 6) is -1.68. The number of aliphatic hydroxyl groups excluding tert-OH is 1. The van der Waals surface area contributed by atoms with E-state index in [4.69, 9.17) is 9.94 Å². The lowest BCUT2D eigenvalue weighted by molar-refractivity contribution is 0.0163. The number of anilines is 2. The summed E-state index contributed by atoms with van der Waals surface area (Å²) in [7, 11) is 1.54. The molecule has 0 saturated carbocycles. The van der Waals surface area contributed by atoms with Crippen molar-refractivity contribution < 1.29 is 23.5 Å². The van der Waals surface area contributed by atoms with Crippen molar-refractivity contribution in [1.29, 1.82) is 0 Å². The van der Waals surface area contributed by atoms with Crippen LogP contribution in [0.3, 0.4) is 0 Å². The first-order valence-corrected chi connectivity index (χ1v) is 9.31. The number of rotatable bonds is 6. The fraction of sp³-hybridized carbons (Fsp3) is 0.350. The van der Waals surface area contributed by atoms with Crippen LogP contribution in [0.15, 0.2) is 24.4 Å². The van der Waals surface area contributed by atoms with E-state index >= 15 is 0 Å². The Morgan fingerprint density at radius 3 is 2.72 bits per heavy atom. The van der Waals surface area contributed by atoms with Gasteiger partial charge in [0.2, 0.25) is 0 Å². The molecular weight excluding hydrogens is 382 g/mol. The number of hydrogen-bond acceptors (Lipinski definition) is 5. The Morgan fingerprint density at radius 2 is 2.07 bits per heavy atom. The van der Waals surface area contributed by atoms with Crippen molar-refractivity contribution in [3.63, 3.8) is 0 Å². The maximum absolute atomic E-state index is 14.4. The smallest absolute Gasteiger partial charge is 0.293 e. The minimum Gasteiger partial charge on any atom is -0.394 e. The predicted molar refractivity (Wildman–Crippen MR) is 108 cm³/mol. The molecule has 0 unspecified atom stereocenters. The van der Waals surface area contributed by atoms with Gasteiger partial charge in [-0.05, 0) is 24.6 Å². The standard InChI is InChI=1S/C18H20F2N4O3.C2H6/c1-10-3-4-14(12(19)7-10)22-15-11-8-21-9-13(20)16(11)24(2)17(15)18(26)23-27-6-5-25;1-2/h3-4,7,9,21-22,25H,5-6,8H2,1-2H3,(H,23,26);1-2H3. The molecule has 0 aliphatic carbocycles. The van der Waals surface area contributed by atoms with E-state index in [1.807, 2.05) is 13.8 Å². The zero-order valence-electron chi connectivity index (χ0n) is 16.9. The summed E-state index contributed by atoms with van der Waals surface area (Å²) in [5.41, 5.74) is 4.17. The number of aryl methyl sites for hydroxylation is 1. The number of nitrogens with zero attached hydrogens (tertiary/aromatic N) is 1. The van der Waals surface area contributed by atoms with Crippen molar-refractivity contribution in [3.05, 3.63) is 52.7 Å². The van der Waals surface area contributed by atoms with Gasteiger partial charge in [-0.2, -0.15) is 0 Å². The van der Waals surface area contributed by atoms with Crippen LogP contribution in [0.4, 0.5) is 20.2 Å². The van der Waals surface area contributed by atoms with Gasteiger partial charge in [0.15, 0.2) is 5.83 Å². The predicted octanol–water partition coefficient (Wildman–Crippen LogP) is 3.27. The molecule has 29 heavy (non-hydrogen) atoms. The van der Waals surface area contributed by atoms with Crippen LogP contribution in [-0.2, 0) is 18.4 Å². The van der Waals surface area contributed by atoms with Crippen LogP contribution in [0.25, 0.3) is 5.83 Å². The maximum Gasteiger partial charge on any atom is 0.293 e. The minimum atomic E-state index is -0.650. The van der Waals surface area contributed by atoms with Crippen molar-refractivity contribution >= 4 is 23.1 Å². The number of carbonyl (C=O) groups excluding carboxylic acids is 1. The van der Waals surface area contributed by atoms with E-state index in [0.29, 0.717) is 5.56 Å². The summed E-state index contributed by atoms with van der Waals surface area (Å²) in [6.45, 7) is 5.65. The molecule has 1 aromatic carbocycles. The third-order valence-corrected chi connectivity index (χ3v) is 4.19. The topological polar surface area (TPSA) is 87.6 Å². The van der Waals surface area contributed by atoms with Crippen LogP contribution in [0, 0.1) is 12.7 Å². The van der Waals surface area contributed by atoms with E-state index in [-0.39, 0.29) is 42.5 Å². The van der Waals surface area contributed by atoms with Crippen LogP contribution in [0.2, 0.25) is 0 Å². The molecule has 1 aromatic heterocycles. The van der Waals surface area contributed by atoms with Gasteiger partial charge >= 0.3 is 0 Å². The highest BCUT2D eigenvalue weighted by Crippen LogP contribution is 2.37. The molecule has 7 nitrogen and oxygen atoms in total. The highest BCUT2D eigenvalue weighted by Gasteiger charge is 2.29. The molecule has 0 spiro atoms. The Kier molecular flexibility index (Phi) is 7.74. The molecule has 2 aromatic rings. The van der Waals surface area contributed by atoms with Gasteiger partial charge in [0.1, 0.15) is 11.5 Å². The molecule has 0 bridgehead atoms. The minimum absolute atomic E-state index is 0.0742. The van der Waals surface area contributed by atoms with Gasteiger partial charge in [-0.3, -0.25) is 9.63 Å². The largest absolute Gasteiger partial charge is 0.394 e. The molecule has 0 fully saturated rings. The lowest BCUT2D eigenvalue weighted by Gasteiger charge is -2.14. The van der Waals surface area contributed by atoms with E-state index < -0.39 is 17.6 Å². The maximum atomic E-state index is 14.4. The summed E-state index contributed by atoms with van der Waals surface area (Å²) >= 11 is 0. The molecule has 3 rings (SSSR count). The number of benzene rings is 1. The highest BCUT2D eigenvalue weighted by molar-refractivity contribution is 6.01. The first-order valence-electron chi connectivity index (χ1n) is 9.31. The number of amides is 1. The first kappa shape index (κ1) is 22.4. The van der Waals surface area contributed by atoms with Gasteiger partial charge in [0, 0.05) is 25.4 Å². The van der Waals surface area contributed by atoms with Crippen LogP contribution < -0.4 is 16.1 Å². The third kappa shape index (κ3) is 4.75. The number of hydroxylamine groups is 1. The van der Waals surface area contributed by atoms with Crippen molar-refractivity contribution in [2.24, 2.45) is 7.05 Å². The zero-order chi connectivity index (χ0) is 21.6. The average Bonchev–Trinajstić information content (AvgIpc) is 2.98. The first-order chi connectivity index (χ1) is 13.9. The second kappa shape index (κ2) is 10.0.